The highest BCUT2D eigenvalue weighted by Gasteiger charge is 2.12. The van der Waals surface area contributed by atoms with E-state index in [2.05, 4.69) is 43.1 Å². The topological polar surface area (TPSA) is 116 Å². The van der Waals surface area contributed by atoms with Crippen molar-refractivity contribution in [2.24, 2.45) is 0 Å². The molecule has 0 unspecified atom stereocenters. The predicted octanol–water partition coefficient (Wildman–Crippen LogP) is 6.16. The quantitative estimate of drug-likeness (QED) is 0.295. The van der Waals surface area contributed by atoms with Crippen LogP contribution >= 0.6 is 0 Å². The second kappa shape index (κ2) is 9.91. The first-order valence-electron chi connectivity index (χ1n) is 12.1. The maximum Gasteiger partial charge on any atom is 0.224 e. The van der Waals surface area contributed by atoms with Gasteiger partial charge in [-0.1, -0.05) is 97.1 Å². The van der Waals surface area contributed by atoms with E-state index in [1.165, 1.54) is 0 Å². The highest BCUT2D eigenvalue weighted by Crippen LogP contribution is 2.30. The van der Waals surface area contributed by atoms with E-state index in [9.17, 15) is 0 Å². The Bertz CT molecular complexity index is 1600. The number of anilines is 2. The largest absolute Gasteiger partial charge is 0.368 e. The molecule has 7 heteroatoms. The number of benzene rings is 4. The summed E-state index contributed by atoms with van der Waals surface area (Å²) in [7, 11) is 0. The predicted molar refractivity (Wildman–Crippen MR) is 151 cm³/mol. The summed E-state index contributed by atoms with van der Waals surface area (Å²) < 4.78 is 0. The molecule has 6 rings (SSSR count). The lowest BCUT2D eigenvalue weighted by Gasteiger charge is -2.10. The lowest BCUT2D eigenvalue weighted by atomic mass is 9.99. The van der Waals surface area contributed by atoms with Crippen molar-refractivity contribution < 1.29 is 0 Å². The molecule has 182 valence electrons. The monoisotopic (exact) mass is 493 g/mol. The van der Waals surface area contributed by atoms with Crippen molar-refractivity contribution in [3.8, 4) is 56.4 Å². The van der Waals surface area contributed by atoms with Gasteiger partial charge in [-0.3, -0.25) is 0 Å². The molecule has 0 aliphatic rings. The Labute approximate surface area is 219 Å². The van der Waals surface area contributed by atoms with E-state index in [0.29, 0.717) is 11.6 Å². The van der Waals surface area contributed by atoms with Crippen molar-refractivity contribution in [2.75, 3.05) is 11.5 Å². The fourth-order valence-corrected chi connectivity index (χ4v) is 4.30. The molecule has 0 atom stereocenters. The highest BCUT2D eigenvalue weighted by molar-refractivity contribution is 5.77. The van der Waals surface area contributed by atoms with Crippen molar-refractivity contribution >= 4 is 11.9 Å². The first kappa shape index (κ1) is 23.0. The minimum absolute atomic E-state index is 0.178. The van der Waals surface area contributed by atoms with Gasteiger partial charge in [0.15, 0.2) is 11.6 Å². The molecule has 0 bridgehead atoms. The SMILES string of the molecule is Nc1nc(-c2ccccc2)cc(-c2cccc(-c3cccc(-c4nc(N)nc(-c5ccccc5)n4)c3)c2)n1. The molecule has 4 N–H and O–H groups in total. The number of nitrogens with zero attached hydrogens (tertiary/aromatic N) is 5. The minimum atomic E-state index is 0.178. The maximum atomic E-state index is 6.08. The van der Waals surface area contributed by atoms with Gasteiger partial charge in [0.05, 0.1) is 11.4 Å². The smallest absolute Gasteiger partial charge is 0.224 e. The third-order valence-electron chi connectivity index (χ3n) is 6.11. The first-order chi connectivity index (χ1) is 18.6. The standard InChI is InChI=1S/C31H23N7/c32-30-34-26(20-9-3-1-4-10-20)19-27(35-30)24-15-7-13-22(17-24)23-14-8-16-25(18-23)29-36-28(37-31(33)38-29)21-11-5-2-6-12-21/h1-19H,(H2,32,34,35)(H2,33,36,37,38). The van der Waals surface area contributed by atoms with Crippen LogP contribution in [0.4, 0.5) is 11.9 Å². The minimum Gasteiger partial charge on any atom is -0.368 e. The molecule has 4 aromatic carbocycles. The Hall–Kier alpha value is -5.43. The second-order valence-electron chi connectivity index (χ2n) is 8.73. The summed E-state index contributed by atoms with van der Waals surface area (Å²) in [5.74, 6) is 1.47. The van der Waals surface area contributed by atoms with E-state index in [0.717, 1.165) is 44.8 Å². The van der Waals surface area contributed by atoms with Crippen LogP contribution in [0.2, 0.25) is 0 Å². The van der Waals surface area contributed by atoms with Crippen molar-refractivity contribution in [3.05, 3.63) is 115 Å². The summed E-state index contributed by atoms with van der Waals surface area (Å²) in [6, 6.07) is 37.8. The van der Waals surface area contributed by atoms with Gasteiger partial charge in [-0.05, 0) is 29.3 Å². The van der Waals surface area contributed by atoms with Crippen LogP contribution in [0.5, 0.6) is 0 Å². The zero-order valence-corrected chi connectivity index (χ0v) is 20.4. The van der Waals surface area contributed by atoms with Gasteiger partial charge in [-0.2, -0.15) is 9.97 Å². The van der Waals surface area contributed by atoms with Gasteiger partial charge in [0.1, 0.15) is 0 Å². The molecule has 2 aromatic heterocycles. The van der Waals surface area contributed by atoms with E-state index in [-0.39, 0.29) is 11.9 Å². The fraction of sp³-hybridized carbons (Fsp3) is 0. The van der Waals surface area contributed by atoms with Crippen molar-refractivity contribution in [2.45, 2.75) is 0 Å². The molecular formula is C31H23N7. The number of hydrogen-bond acceptors (Lipinski definition) is 7. The van der Waals surface area contributed by atoms with Crippen LogP contribution in [0.25, 0.3) is 56.4 Å². The van der Waals surface area contributed by atoms with Crippen LogP contribution in [-0.4, -0.2) is 24.9 Å². The molecule has 0 fully saturated rings. The number of hydrogen-bond donors (Lipinski definition) is 2. The van der Waals surface area contributed by atoms with Crippen LogP contribution in [0.1, 0.15) is 0 Å². The Morgan fingerprint density at radius 1 is 0.342 bits per heavy atom. The molecular weight excluding hydrogens is 470 g/mol. The molecule has 7 nitrogen and oxygen atoms in total. The van der Waals surface area contributed by atoms with Crippen molar-refractivity contribution in [3.63, 3.8) is 0 Å². The fourth-order valence-electron chi connectivity index (χ4n) is 4.30. The van der Waals surface area contributed by atoms with Crippen LogP contribution < -0.4 is 11.5 Å². The molecule has 0 amide bonds. The molecule has 0 saturated carbocycles. The van der Waals surface area contributed by atoms with Crippen LogP contribution in [0.3, 0.4) is 0 Å². The molecule has 0 aliphatic heterocycles. The van der Waals surface area contributed by atoms with Gasteiger partial charge in [0, 0.05) is 22.3 Å². The highest BCUT2D eigenvalue weighted by atomic mass is 15.1. The third-order valence-corrected chi connectivity index (χ3v) is 6.11. The van der Waals surface area contributed by atoms with Crippen LogP contribution in [0, 0.1) is 0 Å². The van der Waals surface area contributed by atoms with Gasteiger partial charge >= 0.3 is 0 Å². The first-order valence-corrected chi connectivity index (χ1v) is 12.1. The lowest BCUT2D eigenvalue weighted by molar-refractivity contribution is 1.08. The Kier molecular flexibility index (Phi) is 6.00. The number of rotatable bonds is 5. The van der Waals surface area contributed by atoms with E-state index >= 15 is 0 Å². The summed E-state index contributed by atoms with van der Waals surface area (Å²) in [5, 5.41) is 0. The van der Waals surface area contributed by atoms with Gasteiger partial charge in [-0.25, -0.2) is 15.0 Å². The molecule has 6 aromatic rings. The van der Waals surface area contributed by atoms with Gasteiger partial charge in [-0.15, -0.1) is 0 Å². The molecule has 0 saturated heterocycles. The van der Waals surface area contributed by atoms with Gasteiger partial charge < -0.3 is 11.5 Å². The van der Waals surface area contributed by atoms with Crippen LogP contribution in [0.15, 0.2) is 115 Å². The van der Waals surface area contributed by atoms with E-state index in [1.807, 2.05) is 97.1 Å². The average molecular weight is 494 g/mol. The summed E-state index contributed by atoms with van der Waals surface area (Å²) in [4.78, 5) is 22.3. The molecule has 0 radical (unpaired) electrons. The molecule has 2 heterocycles. The molecule has 0 aliphatic carbocycles. The van der Waals surface area contributed by atoms with E-state index in [4.69, 9.17) is 11.5 Å². The third kappa shape index (κ3) is 4.81. The Balaban J connectivity index is 1.37. The number of nitrogens with two attached hydrogens (primary N) is 2. The second-order valence-corrected chi connectivity index (χ2v) is 8.73. The average Bonchev–Trinajstić information content (AvgIpc) is 2.97. The van der Waals surface area contributed by atoms with Crippen LogP contribution in [-0.2, 0) is 0 Å². The summed E-state index contributed by atoms with van der Waals surface area (Å²) >= 11 is 0. The summed E-state index contributed by atoms with van der Waals surface area (Å²) in [6.45, 7) is 0. The zero-order chi connectivity index (χ0) is 25.9. The molecule has 38 heavy (non-hydrogen) atoms. The van der Waals surface area contributed by atoms with E-state index in [1.54, 1.807) is 0 Å². The summed E-state index contributed by atoms with van der Waals surface area (Å²) in [6.07, 6.45) is 0. The molecule has 0 spiro atoms. The normalized spacial score (nSPS) is 10.8. The van der Waals surface area contributed by atoms with E-state index < -0.39 is 0 Å². The van der Waals surface area contributed by atoms with Gasteiger partial charge in [0.2, 0.25) is 11.9 Å². The number of nitrogen functional groups attached to an aromatic ring is 2. The van der Waals surface area contributed by atoms with Crippen molar-refractivity contribution in [1.29, 1.82) is 0 Å². The Morgan fingerprint density at radius 2 is 0.789 bits per heavy atom. The summed E-state index contributed by atoms with van der Waals surface area (Å²) in [5.41, 5.74) is 19.3. The lowest BCUT2D eigenvalue weighted by Crippen LogP contribution is -2.02. The maximum absolute atomic E-state index is 6.08. The number of aromatic nitrogens is 5. The van der Waals surface area contributed by atoms with Gasteiger partial charge in [0.25, 0.3) is 0 Å². The zero-order valence-electron chi connectivity index (χ0n) is 20.4. The Morgan fingerprint density at radius 3 is 1.45 bits per heavy atom. The van der Waals surface area contributed by atoms with Crippen molar-refractivity contribution in [1.82, 2.24) is 24.9 Å².